The first-order valence-corrected chi connectivity index (χ1v) is 5.32. The van der Waals surface area contributed by atoms with Crippen LogP contribution in [0.4, 0.5) is 0 Å². The molecule has 0 aromatic carbocycles. The van der Waals surface area contributed by atoms with Crippen LogP contribution in [0.5, 0.6) is 0 Å². The minimum atomic E-state index is -0.252. The quantitative estimate of drug-likeness (QED) is 0.446. The Labute approximate surface area is 97.0 Å². The van der Waals surface area contributed by atoms with E-state index in [-0.39, 0.29) is 12.6 Å². The van der Waals surface area contributed by atoms with E-state index < -0.39 is 0 Å². The summed E-state index contributed by atoms with van der Waals surface area (Å²) in [5.41, 5.74) is 0. The minimum absolute atomic E-state index is 0.252. The molecule has 98 valence electrons. The van der Waals surface area contributed by atoms with Crippen LogP contribution in [0.3, 0.4) is 0 Å². The number of nitrogens with zero attached hydrogens (tertiary/aromatic N) is 1. The lowest BCUT2D eigenvalue weighted by molar-refractivity contribution is -0.165. The maximum atomic E-state index is 9.41. The van der Waals surface area contributed by atoms with Crippen molar-refractivity contribution in [1.29, 1.82) is 0 Å². The molecule has 0 aliphatic carbocycles. The molecule has 6 nitrogen and oxygen atoms in total. The van der Waals surface area contributed by atoms with Gasteiger partial charge in [-0.25, -0.2) is 0 Å². The molecule has 0 heterocycles. The van der Waals surface area contributed by atoms with E-state index in [1.807, 2.05) is 0 Å². The molecule has 0 aliphatic rings. The molecule has 0 aromatic rings. The maximum Gasteiger partial charge on any atom is 0.154 e. The van der Waals surface area contributed by atoms with Crippen LogP contribution >= 0.6 is 0 Å². The van der Waals surface area contributed by atoms with Gasteiger partial charge in [-0.1, -0.05) is 0 Å². The third-order valence-corrected chi connectivity index (χ3v) is 2.07. The van der Waals surface area contributed by atoms with Gasteiger partial charge in [0.25, 0.3) is 0 Å². The zero-order chi connectivity index (χ0) is 12.4. The summed E-state index contributed by atoms with van der Waals surface area (Å²) in [4.78, 5) is 0. The average Bonchev–Trinajstić information content (AvgIpc) is 2.28. The second-order valence-electron chi connectivity index (χ2n) is 3.30. The van der Waals surface area contributed by atoms with Crippen molar-refractivity contribution in [3.8, 4) is 0 Å². The van der Waals surface area contributed by atoms with Gasteiger partial charge < -0.3 is 24.2 Å². The van der Waals surface area contributed by atoms with Crippen molar-refractivity contribution in [3.05, 3.63) is 0 Å². The SMILES string of the molecule is COC(C)OCCN(O)CCOC(C)OC. The molecule has 0 spiro atoms. The Bertz CT molecular complexity index is 142. The first-order chi connectivity index (χ1) is 7.60. The smallest absolute Gasteiger partial charge is 0.154 e. The van der Waals surface area contributed by atoms with Crippen LogP contribution in [0.25, 0.3) is 0 Å². The lowest BCUT2D eigenvalue weighted by Crippen LogP contribution is -2.30. The van der Waals surface area contributed by atoms with Gasteiger partial charge in [-0.2, -0.15) is 5.06 Å². The van der Waals surface area contributed by atoms with E-state index in [9.17, 15) is 5.21 Å². The first kappa shape index (κ1) is 15.8. The van der Waals surface area contributed by atoms with Crippen LogP contribution < -0.4 is 0 Å². The molecule has 0 fully saturated rings. The lowest BCUT2D eigenvalue weighted by atomic mass is 10.6. The van der Waals surface area contributed by atoms with Crippen LogP contribution in [0.2, 0.25) is 0 Å². The molecule has 0 saturated heterocycles. The van der Waals surface area contributed by atoms with Crippen LogP contribution in [-0.4, -0.2) is 63.4 Å². The largest absolute Gasteiger partial charge is 0.356 e. The topological polar surface area (TPSA) is 60.4 Å². The molecule has 16 heavy (non-hydrogen) atoms. The van der Waals surface area contributed by atoms with Gasteiger partial charge in [0.1, 0.15) is 0 Å². The van der Waals surface area contributed by atoms with Crippen molar-refractivity contribution in [2.75, 3.05) is 40.5 Å². The van der Waals surface area contributed by atoms with Crippen LogP contribution in [0.15, 0.2) is 0 Å². The Morgan fingerprint density at radius 2 is 1.31 bits per heavy atom. The Balaban J connectivity index is 3.34. The molecule has 0 aliphatic heterocycles. The summed E-state index contributed by atoms with van der Waals surface area (Å²) in [6.45, 7) is 5.24. The monoisotopic (exact) mass is 237 g/mol. The first-order valence-electron chi connectivity index (χ1n) is 5.32. The molecule has 2 atom stereocenters. The molecule has 0 bridgehead atoms. The molecule has 0 radical (unpaired) electrons. The maximum absolute atomic E-state index is 9.41. The van der Waals surface area contributed by atoms with Gasteiger partial charge in [0.2, 0.25) is 0 Å². The van der Waals surface area contributed by atoms with Gasteiger partial charge in [-0.15, -0.1) is 0 Å². The van der Waals surface area contributed by atoms with Gasteiger partial charge in [-0.3, -0.25) is 0 Å². The number of ether oxygens (including phenoxy) is 4. The van der Waals surface area contributed by atoms with Crippen LogP contribution in [0.1, 0.15) is 13.8 Å². The van der Waals surface area contributed by atoms with E-state index in [0.717, 1.165) is 5.06 Å². The number of hydrogen-bond donors (Lipinski definition) is 1. The molecule has 0 amide bonds. The zero-order valence-corrected chi connectivity index (χ0v) is 10.5. The van der Waals surface area contributed by atoms with E-state index in [2.05, 4.69) is 0 Å². The summed E-state index contributed by atoms with van der Waals surface area (Å²) in [6.07, 6.45) is -0.503. The second kappa shape index (κ2) is 9.95. The molecular formula is C10H23NO5. The number of rotatable bonds is 10. The van der Waals surface area contributed by atoms with Crippen molar-refractivity contribution in [2.24, 2.45) is 0 Å². The van der Waals surface area contributed by atoms with Crippen molar-refractivity contribution in [1.82, 2.24) is 5.06 Å². The second-order valence-corrected chi connectivity index (χ2v) is 3.30. The summed E-state index contributed by atoms with van der Waals surface area (Å²) >= 11 is 0. The van der Waals surface area contributed by atoms with Gasteiger partial charge >= 0.3 is 0 Å². The van der Waals surface area contributed by atoms with E-state index in [1.165, 1.54) is 0 Å². The van der Waals surface area contributed by atoms with E-state index in [0.29, 0.717) is 26.3 Å². The van der Waals surface area contributed by atoms with Crippen LogP contribution in [0, 0.1) is 0 Å². The highest BCUT2D eigenvalue weighted by Gasteiger charge is 2.04. The van der Waals surface area contributed by atoms with Crippen molar-refractivity contribution < 1.29 is 24.2 Å². The fourth-order valence-electron chi connectivity index (χ4n) is 0.896. The van der Waals surface area contributed by atoms with Gasteiger partial charge in [-0.05, 0) is 13.8 Å². The minimum Gasteiger partial charge on any atom is -0.356 e. The molecule has 2 unspecified atom stereocenters. The van der Waals surface area contributed by atoms with Crippen molar-refractivity contribution in [2.45, 2.75) is 26.4 Å². The van der Waals surface area contributed by atoms with E-state index in [4.69, 9.17) is 18.9 Å². The highest BCUT2D eigenvalue weighted by atomic mass is 16.7. The Morgan fingerprint density at radius 3 is 1.62 bits per heavy atom. The van der Waals surface area contributed by atoms with Gasteiger partial charge in [0.05, 0.1) is 13.2 Å². The molecule has 0 aromatic heterocycles. The van der Waals surface area contributed by atoms with E-state index >= 15 is 0 Å². The van der Waals surface area contributed by atoms with Crippen LogP contribution in [-0.2, 0) is 18.9 Å². The summed E-state index contributed by atoms with van der Waals surface area (Å²) in [6, 6.07) is 0. The summed E-state index contributed by atoms with van der Waals surface area (Å²) < 4.78 is 20.2. The normalized spacial score (nSPS) is 15.4. The molecule has 0 rings (SSSR count). The Hall–Kier alpha value is -0.240. The van der Waals surface area contributed by atoms with Gasteiger partial charge in [0, 0.05) is 27.3 Å². The van der Waals surface area contributed by atoms with E-state index in [1.54, 1.807) is 28.1 Å². The van der Waals surface area contributed by atoms with Gasteiger partial charge in [0.15, 0.2) is 12.6 Å². The number of hydrogen-bond acceptors (Lipinski definition) is 6. The highest BCUT2D eigenvalue weighted by Crippen LogP contribution is 1.93. The predicted octanol–water partition coefficient (Wildman–Crippen LogP) is 0.696. The predicted molar refractivity (Wildman–Crippen MR) is 58.2 cm³/mol. The third-order valence-electron chi connectivity index (χ3n) is 2.07. The number of methoxy groups -OCH3 is 2. The summed E-state index contributed by atoms with van der Waals surface area (Å²) in [5, 5.41) is 10.6. The van der Waals surface area contributed by atoms with Crippen molar-refractivity contribution in [3.63, 3.8) is 0 Å². The summed E-state index contributed by atoms with van der Waals surface area (Å²) in [7, 11) is 3.14. The molecular weight excluding hydrogens is 214 g/mol. The highest BCUT2D eigenvalue weighted by molar-refractivity contribution is 4.44. The standard InChI is InChI=1S/C10H23NO5/c1-9(13-3)15-7-5-11(12)6-8-16-10(2)14-4/h9-10,12H,5-8H2,1-4H3. The lowest BCUT2D eigenvalue weighted by Gasteiger charge is -2.17. The Morgan fingerprint density at radius 1 is 0.938 bits per heavy atom. The molecule has 1 N–H and O–H groups in total. The summed E-state index contributed by atoms with van der Waals surface area (Å²) in [5.74, 6) is 0. The molecule has 0 saturated carbocycles. The van der Waals surface area contributed by atoms with Crippen molar-refractivity contribution >= 4 is 0 Å². The third kappa shape index (κ3) is 9.02. The fourth-order valence-corrected chi connectivity index (χ4v) is 0.896. The fraction of sp³-hybridized carbons (Fsp3) is 1.00. The number of hydroxylamine groups is 2. The molecule has 6 heteroatoms. The average molecular weight is 237 g/mol. The Kier molecular flexibility index (Phi) is 9.80. The zero-order valence-electron chi connectivity index (χ0n) is 10.5.